The molecule has 0 bridgehead atoms. The van der Waals surface area contributed by atoms with Crippen LogP contribution in [0.25, 0.3) is 0 Å². The Morgan fingerprint density at radius 3 is 2.67 bits per heavy atom. The zero-order valence-electron chi connectivity index (χ0n) is 11.7. The van der Waals surface area contributed by atoms with Crippen LogP contribution in [0.5, 0.6) is 5.75 Å². The number of amides is 2. The molecule has 0 spiro atoms. The number of carbonyl (C=O) groups is 3. The van der Waals surface area contributed by atoms with Crippen molar-refractivity contribution >= 4 is 17.8 Å². The lowest BCUT2D eigenvalue weighted by Crippen LogP contribution is -2.37. The monoisotopic (exact) mass is 294 g/mol. The predicted molar refractivity (Wildman–Crippen MR) is 75.2 cm³/mol. The maximum absolute atomic E-state index is 11.8. The zero-order valence-corrected chi connectivity index (χ0v) is 11.7. The van der Waals surface area contributed by atoms with Crippen molar-refractivity contribution < 1.29 is 24.2 Å². The molecule has 0 saturated carbocycles. The molecule has 3 N–H and O–H groups in total. The molecule has 0 unspecified atom stereocenters. The largest absolute Gasteiger partial charge is 0.497 e. The van der Waals surface area contributed by atoms with Crippen molar-refractivity contribution in [2.45, 2.75) is 12.8 Å². The van der Waals surface area contributed by atoms with Crippen molar-refractivity contribution in [3.8, 4) is 5.75 Å². The van der Waals surface area contributed by atoms with Crippen LogP contribution in [-0.4, -0.2) is 43.1 Å². The summed E-state index contributed by atoms with van der Waals surface area (Å²) in [4.78, 5) is 33.5. The fraction of sp³-hybridized carbons (Fsp3) is 0.357. The lowest BCUT2D eigenvalue weighted by atomic mass is 10.2. The average molecular weight is 294 g/mol. The first-order valence-electron chi connectivity index (χ1n) is 6.43. The van der Waals surface area contributed by atoms with Gasteiger partial charge in [0, 0.05) is 18.5 Å². The molecule has 7 heteroatoms. The number of carbonyl (C=O) groups excluding carboxylic acids is 2. The third-order valence-corrected chi connectivity index (χ3v) is 2.63. The predicted octanol–water partition coefficient (Wildman–Crippen LogP) is 0.406. The SMILES string of the molecule is COc1cccc(C(=O)NCC(=O)NCCCC(=O)O)c1. The van der Waals surface area contributed by atoms with E-state index in [0.29, 0.717) is 17.7 Å². The van der Waals surface area contributed by atoms with Gasteiger partial charge >= 0.3 is 5.97 Å². The molecule has 21 heavy (non-hydrogen) atoms. The normalized spacial score (nSPS) is 9.76. The minimum absolute atomic E-state index is 0.00352. The summed E-state index contributed by atoms with van der Waals surface area (Å²) < 4.78 is 5.01. The van der Waals surface area contributed by atoms with Crippen LogP contribution >= 0.6 is 0 Å². The zero-order chi connectivity index (χ0) is 15.7. The summed E-state index contributed by atoms with van der Waals surface area (Å²) in [6.07, 6.45) is 0.349. The minimum atomic E-state index is -0.907. The molecule has 0 aliphatic heterocycles. The number of aliphatic carboxylic acids is 1. The van der Waals surface area contributed by atoms with Gasteiger partial charge in [-0.1, -0.05) is 6.07 Å². The second-order valence-electron chi connectivity index (χ2n) is 4.26. The van der Waals surface area contributed by atoms with Crippen molar-refractivity contribution in [2.24, 2.45) is 0 Å². The van der Waals surface area contributed by atoms with Gasteiger partial charge in [-0.15, -0.1) is 0 Å². The average Bonchev–Trinajstić information content (AvgIpc) is 2.49. The van der Waals surface area contributed by atoms with Gasteiger partial charge in [-0.05, 0) is 24.6 Å². The molecule has 0 radical (unpaired) electrons. The first-order chi connectivity index (χ1) is 10.0. The summed E-state index contributed by atoms with van der Waals surface area (Å²) in [6.45, 7) is 0.100. The number of nitrogens with one attached hydrogen (secondary N) is 2. The Labute approximate surface area is 122 Å². The summed E-state index contributed by atoms with van der Waals surface area (Å²) in [7, 11) is 1.50. The first-order valence-corrected chi connectivity index (χ1v) is 6.43. The smallest absolute Gasteiger partial charge is 0.303 e. The molecule has 1 aromatic rings. The Bertz CT molecular complexity index is 516. The molecule has 1 rings (SSSR count). The molecule has 2 amide bonds. The Morgan fingerprint density at radius 2 is 2.00 bits per heavy atom. The van der Waals surface area contributed by atoms with Gasteiger partial charge in [0.25, 0.3) is 5.91 Å². The lowest BCUT2D eigenvalue weighted by molar-refractivity contribution is -0.137. The van der Waals surface area contributed by atoms with Gasteiger partial charge in [0.15, 0.2) is 0 Å². The fourth-order valence-corrected chi connectivity index (χ4v) is 1.56. The molecule has 114 valence electrons. The second-order valence-corrected chi connectivity index (χ2v) is 4.26. The molecular formula is C14H18N2O5. The summed E-state index contributed by atoms with van der Waals surface area (Å²) in [5, 5.41) is 13.4. The van der Waals surface area contributed by atoms with Crippen molar-refractivity contribution in [3.05, 3.63) is 29.8 Å². The number of hydrogen-bond acceptors (Lipinski definition) is 4. The Kier molecular flexibility index (Phi) is 6.73. The minimum Gasteiger partial charge on any atom is -0.497 e. The molecular weight excluding hydrogens is 276 g/mol. The van der Waals surface area contributed by atoms with E-state index in [4.69, 9.17) is 9.84 Å². The van der Waals surface area contributed by atoms with E-state index in [0.717, 1.165) is 0 Å². The van der Waals surface area contributed by atoms with Crippen molar-refractivity contribution in [1.82, 2.24) is 10.6 Å². The van der Waals surface area contributed by atoms with Crippen LogP contribution in [0.2, 0.25) is 0 Å². The van der Waals surface area contributed by atoms with Crippen molar-refractivity contribution in [2.75, 3.05) is 20.2 Å². The fourth-order valence-electron chi connectivity index (χ4n) is 1.56. The van der Waals surface area contributed by atoms with Gasteiger partial charge < -0.3 is 20.5 Å². The number of rotatable bonds is 8. The quantitative estimate of drug-likeness (QED) is 0.602. The van der Waals surface area contributed by atoms with Gasteiger partial charge in [-0.2, -0.15) is 0 Å². The molecule has 0 aromatic heterocycles. The second kappa shape index (κ2) is 8.57. The van der Waals surface area contributed by atoms with E-state index in [1.54, 1.807) is 24.3 Å². The summed E-state index contributed by atoms with van der Waals surface area (Å²) in [5.74, 6) is -1.09. The van der Waals surface area contributed by atoms with E-state index in [1.807, 2.05) is 0 Å². The highest BCUT2D eigenvalue weighted by molar-refractivity contribution is 5.96. The Balaban J connectivity index is 2.31. The molecule has 0 saturated heterocycles. The van der Waals surface area contributed by atoms with Gasteiger partial charge in [-0.25, -0.2) is 0 Å². The summed E-state index contributed by atoms with van der Waals surface area (Å²) in [5.41, 5.74) is 0.396. The van der Waals surface area contributed by atoms with Crippen molar-refractivity contribution in [1.29, 1.82) is 0 Å². The van der Waals surface area contributed by atoms with Crippen molar-refractivity contribution in [3.63, 3.8) is 0 Å². The van der Waals surface area contributed by atoms with Gasteiger partial charge in [0.05, 0.1) is 13.7 Å². The van der Waals surface area contributed by atoms with Crippen LogP contribution in [0.3, 0.4) is 0 Å². The maximum atomic E-state index is 11.8. The number of carboxylic acids is 1. The number of methoxy groups -OCH3 is 1. The van der Waals surface area contributed by atoms with Crippen LogP contribution < -0.4 is 15.4 Å². The van der Waals surface area contributed by atoms with Crippen LogP contribution in [0.4, 0.5) is 0 Å². The van der Waals surface area contributed by atoms with Gasteiger partial charge in [-0.3, -0.25) is 14.4 Å². The highest BCUT2D eigenvalue weighted by atomic mass is 16.5. The molecule has 0 aliphatic carbocycles. The number of ether oxygens (including phenoxy) is 1. The molecule has 0 heterocycles. The number of benzene rings is 1. The maximum Gasteiger partial charge on any atom is 0.303 e. The van der Waals surface area contributed by atoms with Crippen LogP contribution in [0.1, 0.15) is 23.2 Å². The van der Waals surface area contributed by atoms with E-state index >= 15 is 0 Å². The highest BCUT2D eigenvalue weighted by Crippen LogP contribution is 2.12. The van der Waals surface area contributed by atoms with Crippen LogP contribution in [-0.2, 0) is 9.59 Å². The van der Waals surface area contributed by atoms with Crippen LogP contribution in [0.15, 0.2) is 24.3 Å². The summed E-state index contributed by atoms with van der Waals surface area (Å²) >= 11 is 0. The van der Waals surface area contributed by atoms with E-state index < -0.39 is 5.97 Å². The third-order valence-electron chi connectivity index (χ3n) is 2.63. The lowest BCUT2D eigenvalue weighted by Gasteiger charge is -2.07. The van der Waals surface area contributed by atoms with E-state index in [2.05, 4.69) is 10.6 Å². The highest BCUT2D eigenvalue weighted by Gasteiger charge is 2.08. The number of hydrogen-bond donors (Lipinski definition) is 3. The Hall–Kier alpha value is -2.57. The molecule has 1 aromatic carbocycles. The van der Waals surface area contributed by atoms with Gasteiger partial charge in [0.2, 0.25) is 5.91 Å². The van der Waals surface area contributed by atoms with E-state index in [9.17, 15) is 14.4 Å². The van der Waals surface area contributed by atoms with E-state index in [-0.39, 0.29) is 31.3 Å². The molecule has 0 atom stereocenters. The number of carboxylic acid groups (broad SMARTS) is 1. The topological polar surface area (TPSA) is 105 Å². The molecule has 7 nitrogen and oxygen atoms in total. The van der Waals surface area contributed by atoms with Crippen LogP contribution in [0, 0.1) is 0 Å². The third kappa shape index (κ3) is 6.42. The Morgan fingerprint density at radius 1 is 1.24 bits per heavy atom. The molecule has 0 aliphatic rings. The van der Waals surface area contributed by atoms with Gasteiger partial charge in [0.1, 0.15) is 5.75 Å². The first kappa shape index (κ1) is 16.5. The van der Waals surface area contributed by atoms with E-state index in [1.165, 1.54) is 7.11 Å². The molecule has 0 fully saturated rings. The standard InChI is InChI=1S/C14H18N2O5/c1-21-11-5-2-4-10(8-11)14(20)16-9-12(17)15-7-3-6-13(18)19/h2,4-5,8H,3,6-7,9H2,1H3,(H,15,17)(H,16,20)(H,18,19). The summed E-state index contributed by atoms with van der Waals surface area (Å²) in [6, 6.07) is 6.58.